The van der Waals surface area contributed by atoms with Gasteiger partial charge in [0.05, 0.1) is 17.6 Å². The molecule has 8 nitrogen and oxygen atoms in total. The largest absolute Gasteiger partial charge is 0.465 e. The third kappa shape index (κ3) is 3.53. The summed E-state index contributed by atoms with van der Waals surface area (Å²) in [5.41, 5.74) is 0.270. The van der Waals surface area contributed by atoms with Gasteiger partial charge in [0.2, 0.25) is 5.91 Å². The van der Waals surface area contributed by atoms with Crippen LogP contribution in [0.3, 0.4) is 0 Å². The summed E-state index contributed by atoms with van der Waals surface area (Å²) in [5, 5.41) is 25.8. The normalized spacial score (nSPS) is 38.7. The molecule has 6 aliphatic rings. The van der Waals surface area contributed by atoms with Crippen molar-refractivity contribution in [1.29, 1.82) is 5.26 Å². The van der Waals surface area contributed by atoms with Gasteiger partial charge < -0.3 is 20.6 Å². The van der Waals surface area contributed by atoms with Gasteiger partial charge in [-0.25, -0.2) is 9.78 Å². The van der Waals surface area contributed by atoms with Crippen LogP contribution in [0.25, 0.3) is 0 Å². The van der Waals surface area contributed by atoms with Gasteiger partial charge in [0.25, 0.3) is 0 Å². The van der Waals surface area contributed by atoms with Gasteiger partial charge in [0, 0.05) is 24.2 Å². The number of hydrogen-bond acceptors (Lipinski definition) is 5. The van der Waals surface area contributed by atoms with Crippen molar-refractivity contribution in [1.82, 2.24) is 15.2 Å². The number of carbonyl (C=O) groups excluding carboxylic acids is 1. The van der Waals surface area contributed by atoms with E-state index in [0.717, 1.165) is 51.4 Å². The van der Waals surface area contributed by atoms with E-state index in [1.165, 1.54) is 0 Å². The summed E-state index contributed by atoms with van der Waals surface area (Å²) in [5.74, 6) is 2.60. The van der Waals surface area contributed by atoms with Gasteiger partial charge in [-0.15, -0.1) is 0 Å². The lowest BCUT2D eigenvalue weighted by Crippen LogP contribution is -2.62. The van der Waals surface area contributed by atoms with Crippen LogP contribution in [0.15, 0.2) is 18.3 Å². The van der Waals surface area contributed by atoms with Gasteiger partial charge in [-0.3, -0.25) is 4.79 Å². The molecule has 2 amide bonds. The number of hydrogen-bond donors (Lipinski definition) is 3. The highest BCUT2D eigenvalue weighted by molar-refractivity contribution is 5.83. The summed E-state index contributed by atoms with van der Waals surface area (Å²) in [7, 11) is 0. The van der Waals surface area contributed by atoms with Crippen LogP contribution in [0.2, 0.25) is 0 Å². The zero-order valence-electron chi connectivity index (χ0n) is 18.7. The maximum absolute atomic E-state index is 13.2. The number of amides is 2. The van der Waals surface area contributed by atoms with Gasteiger partial charge in [-0.05, 0) is 87.2 Å². The number of carbonyl (C=O) groups is 2. The van der Waals surface area contributed by atoms with Crippen LogP contribution in [0, 0.1) is 40.4 Å². The second-order valence-electron chi connectivity index (χ2n) is 11.1. The van der Waals surface area contributed by atoms with E-state index in [4.69, 9.17) is 5.26 Å². The quantitative estimate of drug-likeness (QED) is 0.635. The van der Waals surface area contributed by atoms with Crippen molar-refractivity contribution >= 4 is 17.8 Å². The lowest BCUT2D eigenvalue weighted by molar-refractivity contribution is -0.157. The molecule has 1 aromatic heterocycles. The molecule has 2 heterocycles. The van der Waals surface area contributed by atoms with Gasteiger partial charge in [0.15, 0.2) is 0 Å². The molecule has 0 spiro atoms. The van der Waals surface area contributed by atoms with E-state index in [9.17, 15) is 14.7 Å². The van der Waals surface area contributed by atoms with Gasteiger partial charge in [-0.1, -0.05) is 0 Å². The Bertz CT molecular complexity index is 984. The molecule has 1 aliphatic heterocycles. The molecule has 174 valence electrons. The Morgan fingerprint density at radius 3 is 2.52 bits per heavy atom. The van der Waals surface area contributed by atoms with E-state index in [0.29, 0.717) is 41.7 Å². The molecule has 5 saturated carbocycles. The van der Waals surface area contributed by atoms with Crippen LogP contribution in [0.4, 0.5) is 10.6 Å². The maximum atomic E-state index is 13.2. The summed E-state index contributed by atoms with van der Waals surface area (Å²) >= 11 is 0. The molecule has 8 heteroatoms. The first kappa shape index (κ1) is 20.8. The van der Waals surface area contributed by atoms with Crippen molar-refractivity contribution in [2.45, 2.75) is 69.5 Å². The van der Waals surface area contributed by atoms with Gasteiger partial charge >= 0.3 is 6.09 Å². The Morgan fingerprint density at radius 1 is 1.15 bits per heavy atom. The number of nitrogens with zero attached hydrogens (tertiary/aromatic N) is 3. The lowest BCUT2D eigenvalue weighted by atomic mass is 9.44. The van der Waals surface area contributed by atoms with Crippen molar-refractivity contribution in [2.24, 2.45) is 29.1 Å². The molecular formula is C25H31N5O3. The topological polar surface area (TPSA) is 118 Å². The van der Waals surface area contributed by atoms with Crippen LogP contribution >= 0.6 is 0 Å². The molecule has 6 fully saturated rings. The van der Waals surface area contributed by atoms with Crippen molar-refractivity contribution in [2.75, 3.05) is 11.9 Å². The Hall–Kier alpha value is -2.82. The Labute approximate surface area is 193 Å². The van der Waals surface area contributed by atoms with Crippen LogP contribution in [-0.2, 0) is 4.79 Å². The standard InChI is InChI=1S/C25H31N5O3/c26-12-14-1-4-20(27-13-14)29-19-5-6-30(24(32)33)22(19)21-16-7-15-8-17(21)11-25(9-15,10-16)23(31)28-18-2-3-18/h1,4,13,15-19,21-22H,2-3,5-11H2,(H,27,29)(H,28,31)(H,32,33)/t15?,16?,17?,19?,21?,22-,25?/m0/s1. The molecule has 5 aliphatic carbocycles. The number of rotatable bonds is 5. The molecule has 33 heavy (non-hydrogen) atoms. The highest BCUT2D eigenvalue weighted by atomic mass is 16.4. The Kier molecular flexibility index (Phi) is 4.79. The number of carboxylic acid groups (broad SMARTS) is 1. The van der Waals surface area contributed by atoms with Crippen LogP contribution < -0.4 is 10.6 Å². The highest BCUT2D eigenvalue weighted by Gasteiger charge is 2.62. The minimum absolute atomic E-state index is 0.0136. The fourth-order valence-corrected chi connectivity index (χ4v) is 7.87. The number of aromatic nitrogens is 1. The summed E-state index contributed by atoms with van der Waals surface area (Å²) in [4.78, 5) is 31.5. The van der Waals surface area contributed by atoms with Crippen LogP contribution in [-0.4, -0.2) is 51.7 Å². The van der Waals surface area contributed by atoms with Crippen molar-refractivity contribution in [3.05, 3.63) is 23.9 Å². The highest BCUT2D eigenvalue weighted by Crippen LogP contribution is 2.64. The molecule has 3 N–H and O–H groups in total. The number of nitrogens with one attached hydrogen (secondary N) is 2. The molecule has 1 aromatic rings. The third-order valence-corrected chi connectivity index (χ3v) is 9.06. The average molecular weight is 450 g/mol. The second-order valence-corrected chi connectivity index (χ2v) is 11.1. The maximum Gasteiger partial charge on any atom is 0.407 e. The first-order valence-electron chi connectivity index (χ1n) is 12.4. The smallest absolute Gasteiger partial charge is 0.407 e. The summed E-state index contributed by atoms with van der Waals surface area (Å²) < 4.78 is 0. The lowest BCUT2D eigenvalue weighted by Gasteiger charge is -2.61. The van der Waals surface area contributed by atoms with E-state index < -0.39 is 6.09 Å². The van der Waals surface area contributed by atoms with Crippen molar-refractivity contribution in [3.63, 3.8) is 0 Å². The first-order chi connectivity index (χ1) is 16.0. The number of nitriles is 1. The summed E-state index contributed by atoms with van der Waals surface area (Å²) in [6, 6.07) is 5.87. The molecule has 3 unspecified atom stereocenters. The monoisotopic (exact) mass is 449 g/mol. The second kappa shape index (κ2) is 7.61. The average Bonchev–Trinajstić information content (AvgIpc) is 3.51. The Morgan fingerprint density at radius 2 is 1.91 bits per heavy atom. The van der Waals surface area contributed by atoms with E-state index >= 15 is 0 Å². The summed E-state index contributed by atoms with van der Waals surface area (Å²) in [6.45, 7) is 0.515. The fraction of sp³-hybridized carbons (Fsp3) is 0.680. The van der Waals surface area contributed by atoms with E-state index in [1.807, 2.05) is 0 Å². The van der Waals surface area contributed by atoms with E-state index in [2.05, 4.69) is 21.7 Å². The molecule has 0 aromatic carbocycles. The van der Waals surface area contributed by atoms with Crippen LogP contribution in [0.1, 0.15) is 56.9 Å². The number of anilines is 1. The van der Waals surface area contributed by atoms with E-state index in [-0.39, 0.29) is 29.3 Å². The molecule has 4 bridgehead atoms. The first-order valence-corrected chi connectivity index (χ1v) is 12.4. The minimum Gasteiger partial charge on any atom is -0.465 e. The van der Waals surface area contributed by atoms with Crippen molar-refractivity contribution in [3.8, 4) is 6.07 Å². The fourth-order valence-electron chi connectivity index (χ4n) is 7.87. The van der Waals surface area contributed by atoms with Crippen molar-refractivity contribution < 1.29 is 14.7 Å². The third-order valence-electron chi connectivity index (χ3n) is 9.06. The number of likely N-dealkylation sites (tertiary alicyclic amines) is 1. The molecule has 0 radical (unpaired) electrons. The van der Waals surface area contributed by atoms with Gasteiger partial charge in [0.1, 0.15) is 11.9 Å². The zero-order valence-corrected chi connectivity index (χ0v) is 18.7. The molecule has 1 saturated heterocycles. The molecule has 4 atom stereocenters. The Balaban J connectivity index is 1.26. The number of pyridine rings is 1. The van der Waals surface area contributed by atoms with E-state index in [1.54, 1.807) is 23.2 Å². The molecular weight excluding hydrogens is 418 g/mol. The summed E-state index contributed by atoms with van der Waals surface area (Å²) in [6.07, 6.45) is 8.68. The zero-order chi connectivity index (χ0) is 22.7. The predicted octanol–water partition coefficient (Wildman–Crippen LogP) is 3.21. The molecule has 7 rings (SSSR count). The SMILES string of the molecule is N#Cc1ccc(NC2CCN(C(=O)O)[C@@H]2C2C3CC4CC2CC(C(=O)NC2CC2)(C4)C3)nc1. The predicted molar refractivity (Wildman–Crippen MR) is 120 cm³/mol. The van der Waals surface area contributed by atoms with Gasteiger partial charge in [-0.2, -0.15) is 5.26 Å². The van der Waals surface area contributed by atoms with Crippen LogP contribution in [0.5, 0.6) is 0 Å². The minimum atomic E-state index is -0.855.